The highest BCUT2D eigenvalue weighted by molar-refractivity contribution is 7.00. The van der Waals surface area contributed by atoms with Gasteiger partial charge in [0, 0.05) is 33.9 Å². The lowest BCUT2D eigenvalue weighted by molar-refractivity contribution is 0.280. The van der Waals surface area contributed by atoms with Crippen molar-refractivity contribution in [3.05, 3.63) is 112 Å². The number of hydrogen-bond acceptors (Lipinski definition) is 3. The summed E-state index contributed by atoms with van der Waals surface area (Å²) in [7, 11) is 0. The zero-order chi connectivity index (χ0) is 45.9. The Balaban J connectivity index is 1.29. The Morgan fingerprint density at radius 3 is 1.67 bits per heavy atom. The average molecular weight is 853 g/mol. The smallest absolute Gasteiger partial charge is 0.256 e. The Kier molecular flexibility index (Phi) is 9.51. The molecule has 3 heterocycles. The zero-order valence-electron chi connectivity index (χ0n) is 42.5. The standard InChI is InChI=1S/C60H77BN2O/c1-37(2)26-27-54(3,4)38-20-22-39(23-21-38)63-47-19-17-18-46-50(47)61(51-49-52(64-53(51)63)60(15,16)33-32-59(49,13)14)45-35-43-44(58(11,12)31-30-57(43,9)10)36-48(45)62(46)40-24-25-41-42(34-40)56(7,8)29-28-55(41,5)6/h17-25,34-37H,26-33H2,1-16H3. The minimum Gasteiger partial charge on any atom is -0.444 e. The molecular weight excluding hydrogens is 775 g/mol. The lowest BCUT2D eigenvalue weighted by Gasteiger charge is -2.47. The Morgan fingerprint density at radius 2 is 1.06 bits per heavy atom. The van der Waals surface area contributed by atoms with E-state index in [-0.39, 0.29) is 44.6 Å². The topological polar surface area (TPSA) is 19.6 Å². The molecule has 0 saturated heterocycles. The van der Waals surface area contributed by atoms with Crippen LogP contribution >= 0.6 is 0 Å². The summed E-state index contributed by atoms with van der Waals surface area (Å²) in [6.07, 6.45) is 9.40. The van der Waals surface area contributed by atoms with E-state index in [0.717, 1.165) is 18.7 Å². The minimum absolute atomic E-state index is 0.0257. The van der Waals surface area contributed by atoms with Gasteiger partial charge in [-0.1, -0.05) is 148 Å². The number of fused-ring (bicyclic) bond motifs is 8. The van der Waals surface area contributed by atoms with Gasteiger partial charge in [-0.3, -0.25) is 4.90 Å². The van der Waals surface area contributed by atoms with Crippen molar-refractivity contribution in [1.29, 1.82) is 0 Å². The molecule has 336 valence electrons. The van der Waals surface area contributed by atoms with Crippen molar-refractivity contribution in [2.45, 2.75) is 200 Å². The third-order valence-corrected chi connectivity index (χ3v) is 17.8. The number of anilines is 6. The molecule has 3 aliphatic carbocycles. The van der Waals surface area contributed by atoms with Crippen LogP contribution in [0, 0.1) is 5.92 Å². The number of rotatable bonds is 6. The minimum atomic E-state index is -0.0811. The highest BCUT2D eigenvalue weighted by atomic mass is 16.4. The lowest BCUT2D eigenvalue weighted by Crippen LogP contribution is -2.63. The van der Waals surface area contributed by atoms with Crippen LogP contribution in [0.1, 0.15) is 201 Å². The van der Waals surface area contributed by atoms with Crippen molar-refractivity contribution >= 4 is 57.4 Å². The highest BCUT2D eigenvalue weighted by Gasteiger charge is 2.53. The van der Waals surface area contributed by atoms with Gasteiger partial charge in [-0.15, -0.1) is 0 Å². The molecule has 3 nitrogen and oxygen atoms in total. The summed E-state index contributed by atoms with van der Waals surface area (Å²) in [5, 5.41) is 0. The monoisotopic (exact) mass is 853 g/mol. The maximum absolute atomic E-state index is 7.59. The Labute approximate surface area is 387 Å². The van der Waals surface area contributed by atoms with Crippen LogP contribution in [0.25, 0.3) is 0 Å². The Hall–Kier alpha value is -4.18. The highest BCUT2D eigenvalue weighted by Crippen LogP contribution is 2.55. The quantitative estimate of drug-likeness (QED) is 0.155. The first-order valence-corrected chi connectivity index (χ1v) is 25.1. The van der Waals surface area contributed by atoms with Gasteiger partial charge in [-0.05, 0) is 176 Å². The van der Waals surface area contributed by atoms with Crippen molar-refractivity contribution in [3.63, 3.8) is 0 Å². The maximum Gasteiger partial charge on any atom is 0.256 e. The third kappa shape index (κ3) is 6.47. The molecule has 4 aromatic carbocycles. The Bertz CT molecular complexity index is 2700. The number of hydrogen-bond donors (Lipinski definition) is 0. The molecule has 5 aliphatic rings. The molecule has 2 aliphatic heterocycles. The summed E-state index contributed by atoms with van der Waals surface area (Å²) in [6.45, 7) is 39.2. The predicted octanol–water partition coefficient (Wildman–Crippen LogP) is 15.1. The molecule has 0 bridgehead atoms. The van der Waals surface area contributed by atoms with Crippen molar-refractivity contribution in [2.24, 2.45) is 5.92 Å². The van der Waals surface area contributed by atoms with E-state index in [2.05, 4.69) is 193 Å². The van der Waals surface area contributed by atoms with E-state index < -0.39 is 0 Å². The van der Waals surface area contributed by atoms with Crippen LogP contribution in [-0.4, -0.2) is 6.71 Å². The van der Waals surface area contributed by atoms with E-state index in [9.17, 15) is 0 Å². The summed E-state index contributed by atoms with van der Waals surface area (Å²) < 4.78 is 7.59. The molecule has 0 atom stereocenters. The second-order valence-corrected chi connectivity index (χ2v) is 26.2. The molecule has 64 heavy (non-hydrogen) atoms. The van der Waals surface area contributed by atoms with E-state index in [1.54, 1.807) is 0 Å². The van der Waals surface area contributed by atoms with Crippen molar-refractivity contribution in [2.75, 3.05) is 9.80 Å². The first-order chi connectivity index (χ1) is 29.8. The van der Waals surface area contributed by atoms with Crippen LogP contribution in [0.3, 0.4) is 0 Å². The van der Waals surface area contributed by atoms with Gasteiger partial charge in [0.05, 0.1) is 0 Å². The first kappa shape index (κ1) is 43.7. The van der Waals surface area contributed by atoms with Crippen molar-refractivity contribution in [1.82, 2.24) is 0 Å². The largest absolute Gasteiger partial charge is 0.444 e. The van der Waals surface area contributed by atoms with Gasteiger partial charge in [0.2, 0.25) is 0 Å². The molecule has 5 aromatic rings. The van der Waals surface area contributed by atoms with Gasteiger partial charge in [0.1, 0.15) is 5.76 Å². The predicted molar refractivity (Wildman–Crippen MR) is 276 cm³/mol. The number of nitrogens with zero attached hydrogens (tertiary/aromatic N) is 2. The lowest BCUT2D eigenvalue weighted by atomic mass is 9.32. The van der Waals surface area contributed by atoms with Gasteiger partial charge in [-0.25, -0.2) is 0 Å². The van der Waals surface area contributed by atoms with Gasteiger partial charge < -0.3 is 9.32 Å². The van der Waals surface area contributed by atoms with E-state index in [1.807, 2.05) is 0 Å². The van der Waals surface area contributed by atoms with E-state index in [0.29, 0.717) is 5.92 Å². The van der Waals surface area contributed by atoms with Crippen LogP contribution in [0.4, 0.5) is 34.3 Å². The summed E-state index contributed by atoms with van der Waals surface area (Å²) in [5.74, 6) is 2.89. The molecule has 0 N–H and O–H groups in total. The normalized spacial score (nSPS) is 21.4. The average Bonchev–Trinajstić information content (AvgIpc) is 3.65. The van der Waals surface area contributed by atoms with E-state index in [4.69, 9.17) is 4.42 Å². The fourth-order valence-corrected chi connectivity index (χ4v) is 12.9. The Morgan fingerprint density at radius 1 is 0.547 bits per heavy atom. The molecular formula is C60H77BN2O. The maximum atomic E-state index is 7.59. The third-order valence-electron chi connectivity index (χ3n) is 17.8. The molecule has 0 radical (unpaired) electrons. The molecule has 1 aromatic heterocycles. The van der Waals surface area contributed by atoms with Gasteiger partial charge >= 0.3 is 0 Å². The van der Waals surface area contributed by atoms with Gasteiger partial charge in [0.25, 0.3) is 6.71 Å². The second kappa shape index (κ2) is 13.9. The van der Waals surface area contributed by atoms with Crippen molar-refractivity contribution < 1.29 is 4.42 Å². The molecule has 4 heteroatoms. The summed E-state index contributed by atoms with van der Waals surface area (Å²) in [5.41, 5.74) is 19.7. The second-order valence-electron chi connectivity index (χ2n) is 26.2. The van der Waals surface area contributed by atoms with Gasteiger partial charge in [0.15, 0.2) is 5.88 Å². The summed E-state index contributed by atoms with van der Waals surface area (Å²) in [4.78, 5) is 5.21. The van der Waals surface area contributed by atoms with Crippen LogP contribution in [-0.2, 0) is 37.9 Å². The van der Waals surface area contributed by atoms with Crippen LogP contribution in [0.2, 0.25) is 0 Å². The SMILES string of the molecule is CC(C)CCC(C)(C)c1ccc(N2c3cccc4c3B(c3cc5c(cc3N4c3ccc4c(c3)C(C)(C)CCC4(C)C)C(C)(C)CCC5(C)C)c3c2oc2c3C(C)(C)CCC2(C)C)cc1. The zero-order valence-corrected chi connectivity index (χ0v) is 42.5. The fourth-order valence-electron chi connectivity index (χ4n) is 12.9. The van der Waals surface area contributed by atoms with Crippen molar-refractivity contribution in [3.8, 4) is 0 Å². The van der Waals surface area contributed by atoms with Crippen LogP contribution in [0.15, 0.2) is 77.2 Å². The molecule has 0 fully saturated rings. The molecule has 0 unspecified atom stereocenters. The first-order valence-electron chi connectivity index (χ1n) is 25.1. The molecule has 10 rings (SSSR count). The van der Waals surface area contributed by atoms with E-state index >= 15 is 0 Å². The van der Waals surface area contributed by atoms with E-state index in [1.165, 1.54) is 122 Å². The number of benzene rings is 4. The van der Waals surface area contributed by atoms with Crippen LogP contribution < -0.4 is 26.2 Å². The fraction of sp³-hybridized carbons (Fsp3) is 0.533. The van der Waals surface area contributed by atoms with Crippen LogP contribution in [0.5, 0.6) is 0 Å². The molecule has 0 spiro atoms. The van der Waals surface area contributed by atoms with Gasteiger partial charge in [-0.2, -0.15) is 0 Å². The number of furan rings is 1. The summed E-state index contributed by atoms with van der Waals surface area (Å²) in [6, 6.07) is 29.6. The molecule has 0 amide bonds. The molecule has 0 saturated carbocycles. The summed E-state index contributed by atoms with van der Waals surface area (Å²) >= 11 is 0.